The Bertz CT molecular complexity index is 1430. The summed E-state index contributed by atoms with van der Waals surface area (Å²) in [6.07, 6.45) is -14.2. The molecule has 0 aliphatic heterocycles. The van der Waals surface area contributed by atoms with Crippen LogP contribution in [0.4, 0.5) is 54.0 Å². The van der Waals surface area contributed by atoms with E-state index in [1.807, 2.05) is 0 Å². The zero-order valence-corrected chi connectivity index (χ0v) is 20.4. The zero-order chi connectivity index (χ0) is 30.9. The third-order valence-corrected chi connectivity index (χ3v) is 5.82. The number of aryl methyl sites for hydroxylation is 1. The fourth-order valence-corrected chi connectivity index (χ4v) is 3.79. The Morgan fingerprint density at radius 2 is 1.46 bits per heavy atom. The van der Waals surface area contributed by atoms with Gasteiger partial charge >= 0.3 is 24.6 Å². The predicted molar refractivity (Wildman–Crippen MR) is 121 cm³/mol. The van der Waals surface area contributed by atoms with E-state index in [9.17, 15) is 53.5 Å². The number of carbonyl (C=O) groups excluding carboxylic acids is 2. The first-order valence-electron chi connectivity index (χ1n) is 11.2. The summed E-state index contributed by atoms with van der Waals surface area (Å²) in [5.74, 6) is -5.48. The number of anilines is 1. The van der Waals surface area contributed by atoms with Gasteiger partial charge in [-0.15, -0.1) is 0 Å². The highest BCUT2D eigenvalue weighted by atomic mass is 19.4. The summed E-state index contributed by atoms with van der Waals surface area (Å²) in [7, 11) is 0. The average molecular weight is 599 g/mol. The van der Waals surface area contributed by atoms with Gasteiger partial charge in [-0.3, -0.25) is 9.59 Å². The lowest BCUT2D eigenvalue weighted by Crippen LogP contribution is -2.50. The number of rotatable bonds is 8. The van der Waals surface area contributed by atoms with Crippen molar-refractivity contribution in [1.29, 1.82) is 0 Å². The molecule has 4 nitrogen and oxygen atoms in total. The van der Waals surface area contributed by atoms with Crippen molar-refractivity contribution in [2.45, 2.75) is 38.0 Å². The van der Waals surface area contributed by atoms with Gasteiger partial charge in [0, 0.05) is 23.1 Å². The highest BCUT2D eigenvalue weighted by molar-refractivity contribution is 6.05. The fourth-order valence-electron chi connectivity index (χ4n) is 3.79. The van der Waals surface area contributed by atoms with E-state index < -0.39 is 88.1 Å². The standard InChI is InChI=1S/C26H16F11NO3/c1-12-9-14(24(31,25(32,33)34)26(35,36)37)10-20(41-23(29)30)17(12)11-19(39)16-3-2-4-18(21(16)28)38-22(40)13-5-7-15(27)8-6-13/h2-10,23H,11H2,1H3,(H,38,40). The number of benzene rings is 3. The average Bonchev–Trinajstić information content (AvgIpc) is 2.85. The van der Waals surface area contributed by atoms with Gasteiger partial charge in [-0.2, -0.15) is 35.1 Å². The highest BCUT2D eigenvalue weighted by Gasteiger charge is 2.73. The molecule has 0 aliphatic rings. The molecule has 0 aromatic heterocycles. The van der Waals surface area contributed by atoms with Gasteiger partial charge in [-0.05, 0) is 55.0 Å². The van der Waals surface area contributed by atoms with Crippen LogP contribution in [0.5, 0.6) is 5.75 Å². The Kier molecular flexibility index (Phi) is 8.70. The summed E-state index contributed by atoms with van der Waals surface area (Å²) in [4.78, 5) is 25.2. The quantitative estimate of drug-likeness (QED) is 0.212. The Hall–Kier alpha value is -4.17. The number of ketones is 1. The molecule has 0 atom stereocenters. The molecule has 0 unspecified atom stereocenters. The number of alkyl halides is 9. The molecule has 1 amide bonds. The van der Waals surface area contributed by atoms with E-state index in [2.05, 4.69) is 10.1 Å². The number of ether oxygens (including phenoxy) is 1. The van der Waals surface area contributed by atoms with Crippen LogP contribution in [0.2, 0.25) is 0 Å². The monoisotopic (exact) mass is 599 g/mol. The Morgan fingerprint density at radius 1 is 0.878 bits per heavy atom. The molecule has 3 aromatic rings. The summed E-state index contributed by atoms with van der Waals surface area (Å²) < 4.78 is 152. The van der Waals surface area contributed by atoms with E-state index in [-0.39, 0.29) is 17.7 Å². The lowest BCUT2D eigenvalue weighted by molar-refractivity contribution is -0.348. The molecular formula is C26H16F11NO3. The van der Waals surface area contributed by atoms with Crippen molar-refractivity contribution in [3.8, 4) is 5.75 Å². The van der Waals surface area contributed by atoms with Crippen molar-refractivity contribution in [2.75, 3.05) is 5.32 Å². The van der Waals surface area contributed by atoms with Crippen LogP contribution in [-0.2, 0) is 12.1 Å². The molecule has 0 aliphatic carbocycles. The second-order valence-electron chi connectivity index (χ2n) is 8.53. The van der Waals surface area contributed by atoms with Crippen LogP contribution >= 0.6 is 0 Å². The van der Waals surface area contributed by atoms with E-state index in [1.165, 1.54) is 0 Å². The van der Waals surface area contributed by atoms with E-state index in [0.29, 0.717) is 0 Å². The molecule has 0 spiro atoms. The van der Waals surface area contributed by atoms with Crippen LogP contribution in [0.15, 0.2) is 54.6 Å². The minimum atomic E-state index is -6.56. The SMILES string of the molecule is Cc1cc(C(F)(C(F)(F)F)C(F)(F)F)cc(OC(F)F)c1CC(=O)c1cccc(NC(=O)c2ccc(F)cc2)c1F. The number of hydrogen-bond acceptors (Lipinski definition) is 3. The fraction of sp³-hybridized carbons (Fsp3) is 0.231. The Labute approximate surface area is 223 Å². The lowest BCUT2D eigenvalue weighted by Gasteiger charge is -2.31. The Morgan fingerprint density at radius 3 is 2.00 bits per heavy atom. The molecule has 41 heavy (non-hydrogen) atoms. The summed E-state index contributed by atoms with van der Waals surface area (Å²) in [6.45, 7) is -3.00. The largest absolute Gasteiger partial charge is 0.435 e. The van der Waals surface area contributed by atoms with Gasteiger partial charge in [0.05, 0.1) is 11.3 Å². The summed E-state index contributed by atoms with van der Waals surface area (Å²) in [5, 5.41) is 2.14. The van der Waals surface area contributed by atoms with Gasteiger partial charge in [0.25, 0.3) is 5.91 Å². The van der Waals surface area contributed by atoms with E-state index in [4.69, 9.17) is 0 Å². The van der Waals surface area contributed by atoms with Crippen LogP contribution in [0.1, 0.15) is 37.4 Å². The minimum Gasteiger partial charge on any atom is -0.435 e. The smallest absolute Gasteiger partial charge is 0.435 e. The molecular weight excluding hydrogens is 583 g/mol. The molecule has 0 saturated heterocycles. The molecule has 0 fully saturated rings. The molecule has 0 saturated carbocycles. The number of carbonyl (C=O) groups is 2. The minimum absolute atomic E-state index is 0.0671. The first kappa shape index (κ1) is 31.4. The second kappa shape index (κ2) is 11.4. The van der Waals surface area contributed by atoms with Crippen molar-refractivity contribution in [3.05, 3.63) is 94.0 Å². The molecule has 0 bridgehead atoms. The van der Waals surface area contributed by atoms with Crippen LogP contribution < -0.4 is 10.1 Å². The van der Waals surface area contributed by atoms with Crippen molar-refractivity contribution in [2.24, 2.45) is 0 Å². The molecule has 1 N–H and O–H groups in total. The van der Waals surface area contributed by atoms with Crippen LogP contribution in [0.3, 0.4) is 0 Å². The maximum Gasteiger partial charge on any atom is 0.435 e. The molecule has 15 heteroatoms. The van der Waals surface area contributed by atoms with E-state index >= 15 is 4.39 Å². The predicted octanol–water partition coefficient (Wildman–Crippen LogP) is 7.84. The normalized spacial score (nSPS) is 12.4. The maximum absolute atomic E-state index is 15.1. The van der Waals surface area contributed by atoms with Crippen molar-refractivity contribution >= 4 is 17.4 Å². The van der Waals surface area contributed by atoms with Gasteiger partial charge in [0.15, 0.2) is 11.6 Å². The summed E-state index contributed by atoms with van der Waals surface area (Å²) >= 11 is 0. The maximum atomic E-state index is 15.1. The number of Topliss-reactive ketones (excluding diaryl/α,β-unsaturated/α-hetero) is 1. The van der Waals surface area contributed by atoms with E-state index in [1.54, 1.807) is 0 Å². The third kappa shape index (κ3) is 6.43. The van der Waals surface area contributed by atoms with Crippen LogP contribution in [0, 0.1) is 18.6 Å². The number of halogens is 11. The summed E-state index contributed by atoms with van der Waals surface area (Å²) in [6, 6.07) is 6.93. The van der Waals surface area contributed by atoms with E-state index in [0.717, 1.165) is 49.4 Å². The third-order valence-electron chi connectivity index (χ3n) is 5.82. The van der Waals surface area contributed by atoms with Crippen LogP contribution in [0.25, 0.3) is 0 Å². The number of nitrogens with one attached hydrogen (secondary N) is 1. The van der Waals surface area contributed by atoms with Gasteiger partial charge in [0.1, 0.15) is 11.6 Å². The van der Waals surface area contributed by atoms with Gasteiger partial charge in [-0.25, -0.2) is 13.2 Å². The van der Waals surface area contributed by atoms with Crippen LogP contribution in [-0.4, -0.2) is 30.7 Å². The number of amides is 1. The molecule has 3 aromatic carbocycles. The molecule has 0 radical (unpaired) electrons. The highest BCUT2D eigenvalue weighted by Crippen LogP contribution is 2.54. The van der Waals surface area contributed by atoms with Gasteiger partial charge in [-0.1, -0.05) is 12.1 Å². The number of hydrogen-bond donors (Lipinski definition) is 1. The topological polar surface area (TPSA) is 55.4 Å². The first-order chi connectivity index (χ1) is 18.9. The lowest BCUT2D eigenvalue weighted by atomic mass is 9.89. The van der Waals surface area contributed by atoms with Gasteiger partial charge in [0.2, 0.25) is 0 Å². The summed E-state index contributed by atoms with van der Waals surface area (Å²) in [5.41, 5.74) is -10.8. The van der Waals surface area contributed by atoms with Crippen molar-refractivity contribution in [3.63, 3.8) is 0 Å². The van der Waals surface area contributed by atoms with Crippen molar-refractivity contribution < 1.29 is 62.6 Å². The molecule has 220 valence electrons. The van der Waals surface area contributed by atoms with Gasteiger partial charge < -0.3 is 10.1 Å². The molecule has 3 rings (SSSR count). The molecule has 0 heterocycles. The second-order valence-corrected chi connectivity index (χ2v) is 8.53. The first-order valence-corrected chi connectivity index (χ1v) is 11.2. The van der Waals surface area contributed by atoms with Crippen molar-refractivity contribution in [1.82, 2.24) is 0 Å². The Balaban J connectivity index is 2.01. The zero-order valence-electron chi connectivity index (χ0n) is 20.4.